The third kappa shape index (κ3) is 14.0. The monoisotopic (exact) mass is 379 g/mol. The third-order valence-electron chi connectivity index (χ3n) is 3.04. The lowest BCUT2D eigenvalue weighted by Gasteiger charge is -2.20. The van der Waals surface area contributed by atoms with E-state index in [0.29, 0.717) is 5.23 Å². The molecule has 0 aliphatic rings. The number of carbonyl (C=O) groups excluding carboxylic acids is 1. The summed E-state index contributed by atoms with van der Waals surface area (Å²) < 4.78 is 2.05. The average Bonchev–Trinajstić information content (AvgIpc) is 2.55. The minimum Gasteiger partial charge on any atom is -0.455 e. The Kier molecular flexibility index (Phi) is 20.5. The van der Waals surface area contributed by atoms with Crippen LogP contribution in [0.3, 0.4) is 0 Å². The Balaban J connectivity index is 0. The molecule has 0 heterocycles. The quantitative estimate of drug-likeness (QED) is 0.311. The van der Waals surface area contributed by atoms with Crippen LogP contribution in [0.1, 0.15) is 67.2 Å². The van der Waals surface area contributed by atoms with Crippen LogP contribution in [-0.4, -0.2) is 62.7 Å². The van der Waals surface area contributed by atoms with Crippen molar-refractivity contribution < 1.29 is 14.5 Å². The molecular weight excluding hydrogens is 340 g/mol. The Hall–Kier alpha value is -0.360. The van der Waals surface area contributed by atoms with Crippen molar-refractivity contribution in [2.45, 2.75) is 67.2 Å². The molecule has 0 atom stereocenters. The van der Waals surface area contributed by atoms with E-state index in [9.17, 15) is 9.90 Å². The number of thioether (sulfide) groups is 2. The van der Waals surface area contributed by atoms with E-state index < -0.39 is 0 Å². The zero-order valence-corrected chi connectivity index (χ0v) is 18.3. The fourth-order valence-electron chi connectivity index (χ4n) is 2.11. The first-order chi connectivity index (χ1) is 11.5. The Labute approximate surface area is 158 Å². The fraction of sp³-hybridized carbons (Fsp3) is 0.889. The molecular formula is C18H39N2O2S2+. The van der Waals surface area contributed by atoms with Crippen molar-refractivity contribution in [1.82, 2.24) is 4.90 Å². The van der Waals surface area contributed by atoms with Gasteiger partial charge in [0.2, 0.25) is 0 Å². The molecule has 0 aromatic carbocycles. The summed E-state index contributed by atoms with van der Waals surface area (Å²) in [4.78, 5) is 13.4. The molecule has 0 fully saturated rings. The van der Waals surface area contributed by atoms with Gasteiger partial charge in [0.05, 0.1) is 0 Å². The lowest BCUT2D eigenvalue weighted by atomic mass is 10.4. The van der Waals surface area contributed by atoms with Gasteiger partial charge in [-0.3, -0.25) is 4.79 Å². The maximum Gasteiger partial charge on any atom is 0.398 e. The van der Waals surface area contributed by atoms with Gasteiger partial charge in [-0.25, -0.2) is 0 Å². The van der Waals surface area contributed by atoms with Crippen molar-refractivity contribution in [2.75, 3.05) is 37.7 Å². The third-order valence-corrected chi connectivity index (χ3v) is 4.64. The van der Waals surface area contributed by atoms with Gasteiger partial charge in [0, 0.05) is 31.7 Å². The maximum atomic E-state index is 11.4. The van der Waals surface area contributed by atoms with Crippen LogP contribution in [0.25, 0.3) is 0 Å². The topological polar surface area (TPSA) is 43.5 Å². The second-order valence-corrected chi connectivity index (χ2v) is 7.84. The van der Waals surface area contributed by atoms with Gasteiger partial charge in [0.1, 0.15) is 13.1 Å². The minimum atomic E-state index is 0.237. The molecule has 0 aromatic heterocycles. The first-order valence-corrected chi connectivity index (χ1v) is 11.3. The number of carbonyl (C=O) groups is 1. The number of nitrogens with zero attached hydrogens (tertiary/aromatic N) is 2. The van der Waals surface area contributed by atoms with Crippen LogP contribution in [0.5, 0.6) is 0 Å². The van der Waals surface area contributed by atoms with Crippen LogP contribution in [0.2, 0.25) is 0 Å². The number of aliphatic hydroxyl groups excluding tert-OH is 1. The molecule has 144 valence electrons. The molecule has 1 amide bonds. The lowest BCUT2D eigenvalue weighted by Crippen LogP contribution is -2.29. The van der Waals surface area contributed by atoms with E-state index in [-0.39, 0.29) is 5.24 Å². The summed E-state index contributed by atoms with van der Waals surface area (Å²) >= 11 is 2.92. The number of rotatable bonds is 10. The molecule has 0 saturated heterocycles. The largest absolute Gasteiger partial charge is 0.455 e. The van der Waals surface area contributed by atoms with Crippen molar-refractivity contribution >= 4 is 34.0 Å². The van der Waals surface area contributed by atoms with Gasteiger partial charge in [0.15, 0.2) is 0 Å². The molecule has 4 nitrogen and oxygen atoms in total. The summed E-state index contributed by atoms with van der Waals surface area (Å²) in [6.45, 7) is 16.3. The van der Waals surface area contributed by atoms with Gasteiger partial charge in [-0.15, -0.1) is 0 Å². The highest BCUT2D eigenvalue weighted by molar-refractivity contribution is 8.13. The minimum absolute atomic E-state index is 0.237. The Morgan fingerprint density at radius 3 is 1.62 bits per heavy atom. The van der Waals surface area contributed by atoms with Crippen molar-refractivity contribution in [2.24, 2.45) is 0 Å². The fourth-order valence-corrected chi connectivity index (χ4v) is 3.35. The second kappa shape index (κ2) is 19.0. The molecule has 24 heavy (non-hydrogen) atoms. The summed E-state index contributed by atoms with van der Waals surface area (Å²) in [7, 11) is 0. The van der Waals surface area contributed by atoms with E-state index in [1.54, 1.807) is 0 Å². The van der Waals surface area contributed by atoms with Gasteiger partial charge in [-0.1, -0.05) is 53.3 Å². The van der Waals surface area contributed by atoms with E-state index >= 15 is 0 Å². The summed E-state index contributed by atoms with van der Waals surface area (Å²) in [5.74, 6) is 1.82. The average molecular weight is 380 g/mol. The van der Waals surface area contributed by atoms with Gasteiger partial charge in [-0.05, 0) is 30.4 Å². The van der Waals surface area contributed by atoms with Gasteiger partial charge in [-0.2, -0.15) is 4.58 Å². The van der Waals surface area contributed by atoms with Gasteiger partial charge >= 0.3 is 5.23 Å². The highest BCUT2D eigenvalue weighted by atomic mass is 32.2. The van der Waals surface area contributed by atoms with Crippen molar-refractivity contribution in [3.63, 3.8) is 0 Å². The van der Waals surface area contributed by atoms with Crippen LogP contribution in [0.4, 0.5) is 4.79 Å². The molecule has 0 bridgehead atoms. The summed E-state index contributed by atoms with van der Waals surface area (Å²) in [6, 6.07) is 0. The predicted octanol–water partition coefficient (Wildman–Crippen LogP) is 5.47. The van der Waals surface area contributed by atoms with Gasteiger partial charge < -0.3 is 10.0 Å². The highest BCUT2D eigenvalue weighted by Gasteiger charge is 2.11. The van der Waals surface area contributed by atoms with Crippen molar-refractivity contribution in [1.29, 1.82) is 0 Å². The van der Waals surface area contributed by atoms with Crippen LogP contribution < -0.4 is 0 Å². The standard InChI is InChI=1S/2C9H19NOS/c2*1-4-7-10(8-5-2)9(11)12-6-3/h2*4-8H2,1-3H3/p+1. The Morgan fingerprint density at radius 1 is 0.833 bits per heavy atom. The molecule has 0 aliphatic carbocycles. The smallest absolute Gasteiger partial charge is 0.398 e. The van der Waals surface area contributed by atoms with Gasteiger partial charge in [0.25, 0.3) is 5.24 Å². The molecule has 0 rings (SSSR count). The summed E-state index contributed by atoms with van der Waals surface area (Å²) in [6.07, 6.45) is 4.29. The predicted molar refractivity (Wildman–Crippen MR) is 112 cm³/mol. The van der Waals surface area contributed by atoms with E-state index in [0.717, 1.165) is 63.4 Å². The van der Waals surface area contributed by atoms with E-state index in [4.69, 9.17) is 0 Å². The van der Waals surface area contributed by atoms with Crippen LogP contribution in [-0.2, 0) is 0 Å². The molecule has 6 heteroatoms. The van der Waals surface area contributed by atoms with Crippen molar-refractivity contribution in [3.8, 4) is 0 Å². The maximum absolute atomic E-state index is 11.4. The van der Waals surface area contributed by atoms with Crippen LogP contribution in [0, 0.1) is 0 Å². The summed E-state index contributed by atoms with van der Waals surface area (Å²) in [5, 5.41) is 10.3. The highest BCUT2D eigenvalue weighted by Crippen LogP contribution is 2.09. The normalized spacial score (nSPS) is 9.92. The van der Waals surface area contributed by atoms with Crippen LogP contribution in [0.15, 0.2) is 0 Å². The molecule has 0 saturated carbocycles. The molecule has 0 unspecified atom stereocenters. The first-order valence-electron chi connectivity index (χ1n) is 9.37. The molecule has 1 N–H and O–H groups in total. The van der Waals surface area contributed by atoms with Crippen LogP contribution >= 0.6 is 23.5 Å². The Morgan fingerprint density at radius 2 is 1.29 bits per heavy atom. The zero-order valence-electron chi connectivity index (χ0n) is 16.6. The van der Waals surface area contributed by atoms with E-state index in [1.165, 1.54) is 23.5 Å². The number of amides is 1. The molecule has 0 spiro atoms. The lowest BCUT2D eigenvalue weighted by molar-refractivity contribution is -0.532. The molecule has 0 aromatic rings. The molecule has 0 aliphatic heterocycles. The van der Waals surface area contributed by atoms with E-state index in [2.05, 4.69) is 34.6 Å². The first kappa shape index (κ1) is 25.9. The van der Waals surface area contributed by atoms with E-state index in [1.807, 2.05) is 16.4 Å². The SMILES string of the molecule is CCCN(CCC)C(=O)SCC.CCC[N+](CCC)=C(O)SCC. The van der Waals surface area contributed by atoms with Crippen molar-refractivity contribution in [3.05, 3.63) is 0 Å². The number of hydrogen-bond acceptors (Lipinski definition) is 3. The Bertz CT molecular complexity index is 323. The summed E-state index contributed by atoms with van der Waals surface area (Å²) in [5.41, 5.74) is 0. The second-order valence-electron chi connectivity index (χ2n) is 5.39. The number of aliphatic hydroxyl groups is 1. The molecule has 0 radical (unpaired) electrons. The zero-order chi connectivity index (χ0) is 18.8. The number of hydrogen-bond donors (Lipinski definition) is 1.